The highest BCUT2D eigenvalue weighted by Crippen LogP contribution is 2.34. The second-order valence-electron chi connectivity index (χ2n) is 6.47. The van der Waals surface area contributed by atoms with Gasteiger partial charge in [-0.05, 0) is 51.0 Å². The van der Waals surface area contributed by atoms with Gasteiger partial charge in [0.2, 0.25) is 0 Å². The minimum Gasteiger partial charge on any atom is -0.315 e. The van der Waals surface area contributed by atoms with E-state index in [9.17, 15) is 0 Å². The molecular weight excluding hydrogens is 274 g/mol. The van der Waals surface area contributed by atoms with Crippen molar-refractivity contribution in [2.24, 2.45) is 0 Å². The van der Waals surface area contributed by atoms with E-state index in [0.717, 1.165) is 30.8 Å². The fourth-order valence-electron chi connectivity index (χ4n) is 4.06. The summed E-state index contributed by atoms with van der Waals surface area (Å²) < 4.78 is 2.44. The number of nitrogens with zero attached hydrogens (tertiary/aromatic N) is 4. The zero-order valence-electron chi connectivity index (χ0n) is 13.3. The largest absolute Gasteiger partial charge is 0.315 e. The Hall–Kier alpha value is -1.46. The average molecular weight is 299 g/mol. The molecule has 1 N–H and O–H groups in total. The Morgan fingerprint density at radius 2 is 2.27 bits per heavy atom. The Morgan fingerprint density at radius 1 is 1.32 bits per heavy atom. The molecule has 0 amide bonds. The van der Waals surface area contributed by atoms with E-state index in [1.165, 1.54) is 38.1 Å². The van der Waals surface area contributed by atoms with E-state index < -0.39 is 0 Å². The highest BCUT2D eigenvalue weighted by atomic mass is 15.3. The average Bonchev–Trinajstić information content (AvgIpc) is 3.21. The predicted octanol–water partition coefficient (Wildman–Crippen LogP) is 2.51. The fourth-order valence-corrected chi connectivity index (χ4v) is 4.06. The summed E-state index contributed by atoms with van der Waals surface area (Å²) in [7, 11) is 0. The summed E-state index contributed by atoms with van der Waals surface area (Å²) in [6.07, 6.45) is 6.91. The Kier molecular flexibility index (Phi) is 3.84. The van der Waals surface area contributed by atoms with Gasteiger partial charge in [0.05, 0.1) is 12.1 Å². The van der Waals surface area contributed by atoms with Crippen molar-refractivity contribution >= 4 is 11.2 Å². The molecule has 0 bridgehead atoms. The molecule has 22 heavy (non-hydrogen) atoms. The van der Waals surface area contributed by atoms with Gasteiger partial charge in [-0.15, -0.1) is 0 Å². The van der Waals surface area contributed by atoms with Crippen LogP contribution in [0.2, 0.25) is 0 Å². The summed E-state index contributed by atoms with van der Waals surface area (Å²) in [6, 6.07) is 5.04. The molecule has 2 aliphatic heterocycles. The number of aromatic nitrogens is 3. The Labute approximate surface area is 131 Å². The van der Waals surface area contributed by atoms with Crippen LogP contribution in [0.25, 0.3) is 11.2 Å². The number of fused-ring (bicyclic) bond motifs is 1. The van der Waals surface area contributed by atoms with Gasteiger partial charge < -0.3 is 9.88 Å². The zero-order chi connectivity index (χ0) is 14.9. The molecule has 2 unspecified atom stereocenters. The van der Waals surface area contributed by atoms with Crippen LogP contribution in [0.15, 0.2) is 18.3 Å². The van der Waals surface area contributed by atoms with Crippen LogP contribution in [0.3, 0.4) is 0 Å². The molecule has 4 heterocycles. The SMILES string of the molecule is CCN1CCCCC1c1nc2cccnc2n1C1CCNC1. The summed E-state index contributed by atoms with van der Waals surface area (Å²) in [6.45, 7) is 6.69. The summed E-state index contributed by atoms with van der Waals surface area (Å²) in [4.78, 5) is 12.2. The van der Waals surface area contributed by atoms with Gasteiger partial charge in [-0.2, -0.15) is 0 Å². The second-order valence-corrected chi connectivity index (χ2v) is 6.47. The van der Waals surface area contributed by atoms with Crippen molar-refractivity contribution in [1.82, 2.24) is 24.8 Å². The number of hydrogen-bond acceptors (Lipinski definition) is 4. The lowest BCUT2D eigenvalue weighted by Gasteiger charge is -2.35. The molecule has 2 aliphatic rings. The van der Waals surface area contributed by atoms with E-state index in [-0.39, 0.29) is 0 Å². The lowest BCUT2D eigenvalue weighted by molar-refractivity contribution is 0.145. The molecule has 2 atom stereocenters. The lowest BCUT2D eigenvalue weighted by Crippen LogP contribution is -2.35. The third-order valence-corrected chi connectivity index (χ3v) is 5.19. The molecule has 0 aliphatic carbocycles. The molecule has 4 rings (SSSR count). The molecule has 2 saturated heterocycles. The number of hydrogen-bond donors (Lipinski definition) is 1. The van der Waals surface area contributed by atoms with Gasteiger partial charge in [0.1, 0.15) is 11.3 Å². The van der Waals surface area contributed by atoms with Crippen LogP contribution in [-0.4, -0.2) is 45.6 Å². The number of rotatable bonds is 3. The van der Waals surface area contributed by atoms with Gasteiger partial charge >= 0.3 is 0 Å². The number of piperidine rings is 1. The third-order valence-electron chi connectivity index (χ3n) is 5.19. The molecule has 0 radical (unpaired) electrons. The van der Waals surface area contributed by atoms with Gasteiger partial charge in [-0.1, -0.05) is 13.3 Å². The molecule has 2 aromatic rings. The molecule has 2 aromatic heterocycles. The Bertz CT molecular complexity index is 644. The van der Waals surface area contributed by atoms with Gasteiger partial charge in [0.15, 0.2) is 5.65 Å². The van der Waals surface area contributed by atoms with Crippen LogP contribution in [0, 0.1) is 0 Å². The summed E-state index contributed by atoms with van der Waals surface area (Å²) >= 11 is 0. The molecule has 0 aromatic carbocycles. The van der Waals surface area contributed by atoms with E-state index in [1.807, 2.05) is 12.3 Å². The normalized spacial score (nSPS) is 26.8. The third kappa shape index (κ3) is 2.32. The molecule has 118 valence electrons. The van der Waals surface area contributed by atoms with Crippen LogP contribution in [0.1, 0.15) is 50.5 Å². The van der Waals surface area contributed by atoms with Crippen molar-refractivity contribution in [1.29, 1.82) is 0 Å². The lowest BCUT2D eigenvalue weighted by atomic mass is 10.0. The van der Waals surface area contributed by atoms with Gasteiger partial charge in [0, 0.05) is 12.7 Å². The first-order valence-corrected chi connectivity index (χ1v) is 8.66. The molecule has 2 fully saturated rings. The van der Waals surface area contributed by atoms with Crippen molar-refractivity contribution in [3.05, 3.63) is 24.2 Å². The molecule has 0 spiro atoms. The molecular formula is C17H25N5. The highest BCUT2D eigenvalue weighted by Gasteiger charge is 2.31. The van der Waals surface area contributed by atoms with Crippen molar-refractivity contribution in [3.63, 3.8) is 0 Å². The first-order valence-electron chi connectivity index (χ1n) is 8.66. The summed E-state index contributed by atoms with van der Waals surface area (Å²) in [5.74, 6) is 1.24. The maximum absolute atomic E-state index is 5.01. The second kappa shape index (κ2) is 5.97. The maximum atomic E-state index is 5.01. The maximum Gasteiger partial charge on any atom is 0.160 e. The molecule has 0 saturated carbocycles. The van der Waals surface area contributed by atoms with Crippen LogP contribution in [-0.2, 0) is 0 Å². The highest BCUT2D eigenvalue weighted by molar-refractivity contribution is 5.71. The first kappa shape index (κ1) is 14.2. The smallest absolute Gasteiger partial charge is 0.160 e. The van der Waals surface area contributed by atoms with Gasteiger partial charge in [-0.25, -0.2) is 9.97 Å². The van der Waals surface area contributed by atoms with Crippen molar-refractivity contribution in [2.75, 3.05) is 26.2 Å². The summed E-state index contributed by atoms with van der Waals surface area (Å²) in [5, 5.41) is 3.49. The van der Waals surface area contributed by atoms with Gasteiger partial charge in [0.25, 0.3) is 0 Å². The predicted molar refractivity (Wildman–Crippen MR) is 87.9 cm³/mol. The molecule has 5 heteroatoms. The Balaban J connectivity index is 1.83. The number of imidazole rings is 1. The monoisotopic (exact) mass is 299 g/mol. The standard InChI is InChI=1S/C17H25N5/c1-2-21-11-4-3-7-15(21)17-20-14-6-5-9-19-16(14)22(17)13-8-10-18-12-13/h5-6,9,13,15,18H,2-4,7-8,10-12H2,1H3. The van der Waals surface area contributed by atoms with Gasteiger partial charge in [-0.3, -0.25) is 4.90 Å². The zero-order valence-corrected chi connectivity index (χ0v) is 13.3. The van der Waals surface area contributed by atoms with Crippen LogP contribution in [0.5, 0.6) is 0 Å². The molecule has 5 nitrogen and oxygen atoms in total. The quantitative estimate of drug-likeness (QED) is 0.946. The number of pyridine rings is 1. The van der Waals surface area contributed by atoms with E-state index in [1.54, 1.807) is 0 Å². The van der Waals surface area contributed by atoms with Crippen molar-refractivity contribution < 1.29 is 0 Å². The van der Waals surface area contributed by atoms with E-state index >= 15 is 0 Å². The van der Waals surface area contributed by atoms with Crippen LogP contribution < -0.4 is 5.32 Å². The van der Waals surface area contributed by atoms with Crippen molar-refractivity contribution in [3.8, 4) is 0 Å². The minimum absolute atomic E-state index is 0.452. The van der Waals surface area contributed by atoms with E-state index in [0.29, 0.717) is 12.1 Å². The van der Waals surface area contributed by atoms with E-state index in [4.69, 9.17) is 4.98 Å². The first-order chi connectivity index (χ1) is 10.9. The van der Waals surface area contributed by atoms with E-state index in [2.05, 4.69) is 32.8 Å². The minimum atomic E-state index is 0.452. The number of nitrogens with one attached hydrogen (secondary N) is 1. The van der Waals surface area contributed by atoms with Crippen LogP contribution >= 0.6 is 0 Å². The Morgan fingerprint density at radius 3 is 3.09 bits per heavy atom. The topological polar surface area (TPSA) is 46.0 Å². The number of likely N-dealkylation sites (tertiary alicyclic amines) is 1. The fraction of sp³-hybridized carbons (Fsp3) is 0.647. The summed E-state index contributed by atoms with van der Waals surface area (Å²) in [5.41, 5.74) is 2.11. The van der Waals surface area contributed by atoms with Crippen LogP contribution in [0.4, 0.5) is 0 Å². The van der Waals surface area contributed by atoms with Crippen molar-refractivity contribution in [2.45, 2.75) is 44.7 Å².